The first-order valence-corrected chi connectivity index (χ1v) is 11.7. The zero-order chi connectivity index (χ0) is 26.1. The Kier molecular flexibility index (Phi) is 8.90. The highest BCUT2D eigenvalue weighted by Gasteiger charge is 2.46. The Labute approximate surface area is 215 Å². The SMILES string of the molecule is C=CC=C1C(=NC=C)N(c2cccc(O)c2)B2C(=C)/C=C\C=C/C(=C)CCC(=C)/C=C\C=C/C(=C)N21. The van der Waals surface area contributed by atoms with Crippen LogP contribution in [0.4, 0.5) is 5.69 Å². The van der Waals surface area contributed by atoms with Crippen LogP contribution in [0.15, 0.2) is 164 Å². The number of amidine groups is 1. The van der Waals surface area contributed by atoms with Gasteiger partial charge in [-0.15, -0.1) is 6.58 Å². The number of allylic oxidation sites excluding steroid dienone is 13. The van der Waals surface area contributed by atoms with E-state index in [1.54, 1.807) is 24.3 Å². The standard InChI is InChI=1S/C31H32BN3O/c1-7-14-30-31(33-8-2)35(28-19-13-20-29(36)23-28)32-26(5)17-11-9-15-24(3)21-22-25(4)16-10-12-18-27(6)34(30)32/h7-20,23,36H,1-6,21-22H2/b15-9-,16-10-,17-11-,18-12-,30-14?,33-31?. The molecule has 2 aliphatic rings. The maximum Gasteiger partial charge on any atom is 0.421 e. The second kappa shape index (κ2) is 12.3. The molecule has 1 fully saturated rings. The minimum Gasteiger partial charge on any atom is -0.508 e. The summed E-state index contributed by atoms with van der Waals surface area (Å²) >= 11 is 0. The summed E-state index contributed by atoms with van der Waals surface area (Å²) in [6, 6.07) is 7.04. The fourth-order valence-corrected chi connectivity index (χ4v) is 4.01. The molecule has 0 bridgehead atoms. The van der Waals surface area contributed by atoms with Crippen molar-refractivity contribution in [1.29, 1.82) is 0 Å². The first-order valence-electron chi connectivity index (χ1n) is 11.7. The van der Waals surface area contributed by atoms with Gasteiger partial charge in [-0.2, -0.15) is 0 Å². The van der Waals surface area contributed by atoms with E-state index in [1.807, 2.05) is 65.6 Å². The molecule has 1 saturated heterocycles. The smallest absolute Gasteiger partial charge is 0.421 e. The van der Waals surface area contributed by atoms with Crippen LogP contribution in [-0.2, 0) is 0 Å². The first kappa shape index (κ1) is 26.1. The molecule has 1 aromatic carbocycles. The predicted octanol–water partition coefficient (Wildman–Crippen LogP) is 7.35. The van der Waals surface area contributed by atoms with E-state index in [9.17, 15) is 5.11 Å². The van der Waals surface area contributed by atoms with Crippen LogP contribution in [0.5, 0.6) is 5.75 Å². The fraction of sp³-hybridized carbons (Fsp3) is 0.0645. The first-order chi connectivity index (χ1) is 17.4. The van der Waals surface area contributed by atoms with Crippen LogP contribution in [0.3, 0.4) is 0 Å². The summed E-state index contributed by atoms with van der Waals surface area (Å²) < 4.78 is 0. The second-order valence-electron chi connectivity index (χ2n) is 8.38. The molecule has 0 saturated carbocycles. The van der Waals surface area contributed by atoms with Crippen molar-refractivity contribution in [3.8, 4) is 5.75 Å². The molecule has 0 aromatic heterocycles. The van der Waals surface area contributed by atoms with Crippen LogP contribution in [0.25, 0.3) is 0 Å². The molecule has 1 N–H and O–H groups in total. The van der Waals surface area contributed by atoms with Crippen LogP contribution >= 0.6 is 0 Å². The number of phenols is 1. The van der Waals surface area contributed by atoms with E-state index in [2.05, 4.69) is 49.3 Å². The van der Waals surface area contributed by atoms with E-state index in [0.29, 0.717) is 5.84 Å². The maximum atomic E-state index is 10.2. The summed E-state index contributed by atoms with van der Waals surface area (Å²) in [6.45, 7) is 24.3. The van der Waals surface area contributed by atoms with Gasteiger partial charge >= 0.3 is 6.98 Å². The minimum atomic E-state index is -0.409. The molecule has 2 aliphatic heterocycles. The topological polar surface area (TPSA) is 39.1 Å². The molecular formula is C31H32BN3O. The van der Waals surface area contributed by atoms with Crippen molar-refractivity contribution < 1.29 is 5.11 Å². The molecule has 4 nitrogen and oxygen atoms in total. The van der Waals surface area contributed by atoms with Gasteiger partial charge in [0, 0.05) is 23.7 Å². The van der Waals surface area contributed by atoms with Crippen molar-refractivity contribution in [2.75, 3.05) is 4.81 Å². The third kappa shape index (κ3) is 6.13. The lowest BCUT2D eigenvalue weighted by molar-refractivity contribution is 0.475. The summed E-state index contributed by atoms with van der Waals surface area (Å²) in [5.74, 6) is 0.786. The third-order valence-corrected chi connectivity index (χ3v) is 5.70. The Morgan fingerprint density at radius 3 is 2.11 bits per heavy atom. The zero-order valence-corrected chi connectivity index (χ0v) is 20.7. The highest BCUT2D eigenvalue weighted by molar-refractivity contribution is 6.77. The van der Waals surface area contributed by atoms with E-state index in [-0.39, 0.29) is 5.75 Å². The average Bonchev–Trinajstić information content (AvgIpc) is 3.17. The largest absolute Gasteiger partial charge is 0.508 e. The van der Waals surface area contributed by atoms with Crippen molar-refractivity contribution in [2.45, 2.75) is 12.8 Å². The van der Waals surface area contributed by atoms with Gasteiger partial charge in [-0.1, -0.05) is 98.7 Å². The molecule has 180 valence electrons. The van der Waals surface area contributed by atoms with Crippen LogP contribution in [0.2, 0.25) is 0 Å². The van der Waals surface area contributed by atoms with Gasteiger partial charge in [0.25, 0.3) is 0 Å². The van der Waals surface area contributed by atoms with Crippen molar-refractivity contribution in [3.63, 3.8) is 0 Å². The number of rotatable bonds is 3. The monoisotopic (exact) mass is 473 g/mol. The number of anilines is 1. The van der Waals surface area contributed by atoms with Gasteiger partial charge in [-0.3, -0.25) is 0 Å². The van der Waals surface area contributed by atoms with Gasteiger partial charge in [0.2, 0.25) is 0 Å². The van der Waals surface area contributed by atoms with Crippen LogP contribution < -0.4 is 4.81 Å². The fourth-order valence-electron chi connectivity index (χ4n) is 4.01. The summed E-state index contributed by atoms with van der Waals surface area (Å²) in [4.78, 5) is 8.67. The quantitative estimate of drug-likeness (QED) is 0.467. The van der Waals surface area contributed by atoms with Gasteiger partial charge in [-0.25, -0.2) is 4.99 Å². The van der Waals surface area contributed by atoms with E-state index in [1.165, 1.54) is 6.20 Å². The van der Waals surface area contributed by atoms with Crippen LogP contribution in [0, 0.1) is 0 Å². The second-order valence-corrected chi connectivity index (χ2v) is 8.38. The highest BCUT2D eigenvalue weighted by atomic mass is 16.3. The Hall–Kier alpha value is -4.51. The Bertz CT molecular complexity index is 1270. The lowest BCUT2D eigenvalue weighted by Gasteiger charge is -2.29. The molecule has 3 rings (SSSR count). The number of aromatic hydroxyl groups is 1. The minimum absolute atomic E-state index is 0.151. The number of hydrogen-bond acceptors (Lipinski definition) is 3. The highest BCUT2D eigenvalue weighted by Crippen LogP contribution is 2.36. The van der Waals surface area contributed by atoms with Gasteiger partial charge in [0.1, 0.15) is 11.6 Å². The molecule has 36 heavy (non-hydrogen) atoms. The van der Waals surface area contributed by atoms with Gasteiger partial charge in [0.15, 0.2) is 0 Å². The van der Waals surface area contributed by atoms with Crippen molar-refractivity contribution in [1.82, 2.24) is 4.81 Å². The van der Waals surface area contributed by atoms with Crippen molar-refractivity contribution in [2.24, 2.45) is 4.99 Å². The summed E-state index contributed by atoms with van der Waals surface area (Å²) in [6.07, 6.45) is 22.5. The molecule has 5 heteroatoms. The van der Waals surface area contributed by atoms with E-state index < -0.39 is 6.98 Å². The van der Waals surface area contributed by atoms with Crippen molar-refractivity contribution >= 4 is 18.5 Å². The summed E-state index contributed by atoms with van der Waals surface area (Å²) in [5, 5.41) is 10.2. The van der Waals surface area contributed by atoms with E-state index in [0.717, 1.165) is 46.5 Å². The maximum absolute atomic E-state index is 10.2. The molecule has 0 amide bonds. The average molecular weight is 473 g/mol. The Morgan fingerprint density at radius 1 is 0.861 bits per heavy atom. The molecule has 0 atom stereocenters. The Balaban J connectivity index is 2.23. The van der Waals surface area contributed by atoms with Gasteiger partial charge in [0.05, 0.1) is 5.70 Å². The molecule has 0 spiro atoms. The normalized spacial score (nSPS) is 23.1. The van der Waals surface area contributed by atoms with E-state index in [4.69, 9.17) is 0 Å². The number of benzene rings is 1. The number of nitrogens with zero attached hydrogens (tertiary/aromatic N) is 3. The van der Waals surface area contributed by atoms with Crippen LogP contribution in [-0.4, -0.2) is 22.7 Å². The van der Waals surface area contributed by atoms with Crippen LogP contribution in [0.1, 0.15) is 12.8 Å². The van der Waals surface area contributed by atoms with Gasteiger partial charge in [-0.05, 0) is 42.6 Å². The molecule has 0 radical (unpaired) electrons. The summed E-state index contributed by atoms with van der Waals surface area (Å²) in [5.41, 5.74) is 5.10. The number of aliphatic imine (C=N–C) groups is 1. The Morgan fingerprint density at radius 2 is 1.50 bits per heavy atom. The predicted molar refractivity (Wildman–Crippen MR) is 156 cm³/mol. The number of phenolic OH excluding ortho intramolecular Hbond substituents is 1. The summed E-state index contributed by atoms with van der Waals surface area (Å²) in [7, 11) is 0. The van der Waals surface area contributed by atoms with Crippen molar-refractivity contribution in [3.05, 3.63) is 159 Å². The molecule has 2 heterocycles. The van der Waals surface area contributed by atoms with Gasteiger partial charge < -0.3 is 14.7 Å². The van der Waals surface area contributed by atoms with E-state index >= 15 is 0 Å². The number of fused-ring (bicyclic) bond motifs is 1. The molecular weight excluding hydrogens is 441 g/mol. The number of hydrogen-bond donors (Lipinski definition) is 1. The molecule has 0 aliphatic carbocycles. The lowest BCUT2D eigenvalue weighted by Crippen LogP contribution is -2.45. The zero-order valence-electron chi connectivity index (χ0n) is 20.7. The lowest BCUT2D eigenvalue weighted by atomic mass is 9.64. The third-order valence-electron chi connectivity index (χ3n) is 5.70. The molecule has 1 aromatic rings. The molecule has 0 unspecified atom stereocenters.